The van der Waals surface area contributed by atoms with Crippen molar-refractivity contribution in [2.45, 2.75) is 13.1 Å². The molecule has 8 heteroatoms. The molecule has 134 valence electrons. The van der Waals surface area contributed by atoms with Crippen LogP contribution in [0.15, 0.2) is 36.7 Å². The summed E-state index contributed by atoms with van der Waals surface area (Å²) in [5.41, 5.74) is -0.122. The third-order valence-corrected chi connectivity index (χ3v) is 4.28. The second kappa shape index (κ2) is 7.26. The van der Waals surface area contributed by atoms with Gasteiger partial charge in [-0.1, -0.05) is 6.92 Å². The van der Waals surface area contributed by atoms with Gasteiger partial charge < -0.3 is 15.1 Å². The summed E-state index contributed by atoms with van der Waals surface area (Å²) in [6.45, 7) is 6.95. The number of nitrogens with zero attached hydrogens (tertiary/aromatic N) is 4. The molecule has 0 unspecified atom stereocenters. The number of rotatable bonds is 4. The number of piperazine rings is 1. The number of hydrogen-bond acceptors (Lipinski definition) is 5. The Kier molecular flexibility index (Phi) is 5.08. The number of halogens is 3. The molecule has 1 saturated heterocycles. The van der Waals surface area contributed by atoms with Gasteiger partial charge >= 0.3 is 6.18 Å². The third kappa shape index (κ3) is 4.39. The minimum Gasteiger partial charge on any atom is -0.354 e. The van der Waals surface area contributed by atoms with Gasteiger partial charge in [-0.05, 0) is 30.8 Å². The quantitative estimate of drug-likeness (QED) is 0.915. The summed E-state index contributed by atoms with van der Waals surface area (Å²) in [7, 11) is 0. The van der Waals surface area contributed by atoms with Crippen LogP contribution in [-0.2, 0) is 6.18 Å². The summed E-state index contributed by atoms with van der Waals surface area (Å²) in [6, 6.07) is 6.71. The predicted octanol–water partition coefficient (Wildman–Crippen LogP) is 3.38. The maximum atomic E-state index is 12.6. The zero-order chi connectivity index (χ0) is 17.9. The lowest BCUT2D eigenvalue weighted by Gasteiger charge is -2.34. The molecule has 1 N–H and O–H groups in total. The van der Waals surface area contributed by atoms with E-state index in [2.05, 4.69) is 32.0 Å². The maximum Gasteiger partial charge on any atom is 0.416 e. The monoisotopic (exact) mass is 351 g/mol. The van der Waals surface area contributed by atoms with Crippen LogP contribution in [-0.4, -0.2) is 47.6 Å². The van der Waals surface area contributed by atoms with Crippen LogP contribution in [0.25, 0.3) is 0 Å². The van der Waals surface area contributed by atoms with Gasteiger partial charge in [0.15, 0.2) is 0 Å². The molecule has 1 aromatic carbocycles. The summed E-state index contributed by atoms with van der Waals surface area (Å²) < 4.78 is 37.8. The first-order valence-electron chi connectivity index (χ1n) is 8.19. The van der Waals surface area contributed by atoms with Crippen molar-refractivity contribution in [2.24, 2.45) is 0 Å². The first-order valence-corrected chi connectivity index (χ1v) is 8.19. The maximum absolute atomic E-state index is 12.6. The van der Waals surface area contributed by atoms with Crippen molar-refractivity contribution >= 4 is 17.3 Å². The van der Waals surface area contributed by atoms with E-state index in [0.29, 0.717) is 11.5 Å². The van der Waals surface area contributed by atoms with Crippen LogP contribution in [0.3, 0.4) is 0 Å². The number of nitrogens with one attached hydrogen (secondary N) is 1. The SMILES string of the molecule is CCN1CCN(c2cc(Nc3ccc(C(F)(F)F)cc3)ncn2)CC1. The highest BCUT2D eigenvalue weighted by Crippen LogP contribution is 2.30. The number of hydrogen-bond donors (Lipinski definition) is 1. The summed E-state index contributed by atoms with van der Waals surface area (Å²) >= 11 is 0. The Morgan fingerprint density at radius 1 is 1.04 bits per heavy atom. The van der Waals surface area contributed by atoms with Crippen molar-refractivity contribution in [3.8, 4) is 0 Å². The fourth-order valence-electron chi connectivity index (χ4n) is 2.77. The molecule has 1 aliphatic rings. The average molecular weight is 351 g/mol. The molecule has 0 radical (unpaired) electrons. The fraction of sp³-hybridized carbons (Fsp3) is 0.412. The highest BCUT2D eigenvalue weighted by molar-refractivity contribution is 5.59. The molecule has 0 saturated carbocycles. The summed E-state index contributed by atoms with van der Waals surface area (Å²) in [5.74, 6) is 1.38. The predicted molar refractivity (Wildman–Crippen MR) is 91.1 cm³/mol. The van der Waals surface area contributed by atoms with Crippen LogP contribution in [0.4, 0.5) is 30.5 Å². The molecular weight excluding hydrogens is 331 g/mol. The van der Waals surface area contributed by atoms with E-state index in [0.717, 1.165) is 50.7 Å². The molecule has 2 heterocycles. The number of alkyl halides is 3. The minimum atomic E-state index is -4.33. The van der Waals surface area contributed by atoms with Crippen LogP contribution in [0.1, 0.15) is 12.5 Å². The van der Waals surface area contributed by atoms with E-state index in [-0.39, 0.29) is 0 Å². The molecule has 2 aromatic rings. The first-order chi connectivity index (χ1) is 12.0. The van der Waals surface area contributed by atoms with Gasteiger partial charge in [0.1, 0.15) is 18.0 Å². The van der Waals surface area contributed by atoms with Crippen molar-refractivity contribution in [1.82, 2.24) is 14.9 Å². The van der Waals surface area contributed by atoms with E-state index in [4.69, 9.17) is 0 Å². The van der Waals surface area contributed by atoms with Crippen LogP contribution < -0.4 is 10.2 Å². The summed E-state index contributed by atoms with van der Waals surface area (Å²) in [5, 5.41) is 3.03. The van der Waals surface area contributed by atoms with Gasteiger partial charge in [-0.25, -0.2) is 9.97 Å². The molecule has 5 nitrogen and oxygen atoms in total. The van der Waals surface area contributed by atoms with E-state index >= 15 is 0 Å². The Bertz CT molecular complexity index is 694. The molecule has 1 fully saturated rings. The van der Waals surface area contributed by atoms with E-state index < -0.39 is 11.7 Å². The smallest absolute Gasteiger partial charge is 0.354 e. The molecular formula is C17H20F3N5. The van der Waals surface area contributed by atoms with Gasteiger partial charge in [0.2, 0.25) is 0 Å². The van der Waals surface area contributed by atoms with Gasteiger partial charge in [0, 0.05) is 37.9 Å². The Morgan fingerprint density at radius 3 is 2.32 bits per heavy atom. The number of likely N-dealkylation sites (N-methyl/N-ethyl adjacent to an activating group) is 1. The second-order valence-corrected chi connectivity index (χ2v) is 5.88. The van der Waals surface area contributed by atoms with E-state index in [1.165, 1.54) is 18.5 Å². The average Bonchev–Trinajstić information content (AvgIpc) is 2.62. The zero-order valence-corrected chi connectivity index (χ0v) is 13.9. The number of anilines is 3. The molecule has 0 atom stereocenters. The van der Waals surface area contributed by atoms with Crippen molar-refractivity contribution < 1.29 is 13.2 Å². The topological polar surface area (TPSA) is 44.3 Å². The fourth-order valence-corrected chi connectivity index (χ4v) is 2.77. The Morgan fingerprint density at radius 2 is 1.72 bits per heavy atom. The van der Waals surface area contributed by atoms with E-state index in [1.807, 2.05) is 6.07 Å². The van der Waals surface area contributed by atoms with Crippen LogP contribution in [0, 0.1) is 0 Å². The highest BCUT2D eigenvalue weighted by atomic mass is 19.4. The third-order valence-electron chi connectivity index (χ3n) is 4.28. The molecule has 0 amide bonds. The molecule has 0 spiro atoms. The zero-order valence-electron chi connectivity index (χ0n) is 13.9. The Labute approximate surface area is 144 Å². The molecule has 1 aliphatic heterocycles. The molecule has 0 aliphatic carbocycles. The lowest BCUT2D eigenvalue weighted by Crippen LogP contribution is -2.46. The lowest BCUT2D eigenvalue weighted by molar-refractivity contribution is -0.137. The van der Waals surface area contributed by atoms with Crippen LogP contribution >= 0.6 is 0 Å². The lowest BCUT2D eigenvalue weighted by atomic mass is 10.2. The Hall–Kier alpha value is -2.35. The molecule has 0 bridgehead atoms. The molecule has 25 heavy (non-hydrogen) atoms. The standard InChI is InChI=1S/C17H20F3N5/c1-2-24-7-9-25(10-8-24)16-11-15(21-12-22-16)23-14-5-3-13(4-6-14)17(18,19)20/h3-6,11-12H,2,7-10H2,1H3,(H,21,22,23). The van der Waals surface area contributed by atoms with Crippen LogP contribution in [0.2, 0.25) is 0 Å². The van der Waals surface area contributed by atoms with Crippen molar-refractivity contribution in [3.63, 3.8) is 0 Å². The summed E-state index contributed by atoms with van der Waals surface area (Å²) in [6.07, 6.45) is -2.87. The van der Waals surface area contributed by atoms with Gasteiger partial charge in [0.05, 0.1) is 5.56 Å². The first kappa shape index (κ1) is 17.5. The molecule has 3 rings (SSSR count). The van der Waals surface area contributed by atoms with E-state index in [9.17, 15) is 13.2 Å². The van der Waals surface area contributed by atoms with Gasteiger partial charge in [0.25, 0.3) is 0 Å². The van der Waals surface area contributed by atoms with Gasteiger partial charge in [-0.3, -0.25) is 0 Å². The minimum absolute atomic E-state index is 0.549. The van der Waals surface area contributed by atoms with Gasteiger partial charge in [-0.2, -0.15) is 13.2 Å². The Balaban J connectivity index is 1.68. The number of aromatic nitrogens is 2. The highest BCUT2D eigenvalue weighted by Gasteiger charge is 2.29. The van der Waals surface area contributed by atoms with Crippen molar-refractivity contribution in [3.05, 3.63) is 42.2 Å². The normalized spacial score (nSPS) is 16.1. The van der Waals surface area contributed by atoms with Crippen LogP contribution in [0.5, 0.6) is 0 Å². The summed E-state index contributed by atoms with van der Waals surface area (Å²) in [4.78, 5) is 13.0. The number of benzene rings is 1. The molecule has 1 aromatic heterocycles. The second-order valence-electron chi connectivity index (χ2n) is 5.88. The van der Waals surface area contributed by atoms with Crippen molar-refractivity contribution in [2.75, 3.05) is 42.9 Å². The largest absolute Gasteiger partial charge is 0.416 e. The van der Waals surface area contributed by atoms with Gasteiger partial charge in [-0.15, -0.1) is 0 Å². The van der Waals surface area contributed by atoms with E-state index in [1.54, 1.807) is 0 Å². The van der Waals surface area contributed by atoms with Crippen molar-refractivity contribution in [1.29, 1.82) is 0 Å².